The van der Waals surface area contributed by atoms with Crippen LogP contribution in [0, 0.1) is 0 Å². The van der Waals surface area contributed by atoms with Crippen LogP contribution in [0.15, 0.2) is 29.8 Å². The molecule has 0 radical (unpaired) electrons. The Morgan fingerprint density at radius 3 is 2.69 bits per heavy atom. The van der Waals surface area contributed by atoms with Crippen molar-refractivity contribution in [2.45, 2.75) is 25.9 Å². The molecule has 2 rings (SSSR count). The second-order valence-electron chi connectivity index (χ2n) is 4.01. The van der Waals surface area contributed by atoms with Gasteiger partial charge in [0.15, 0.2) is 0 Å². The van der Waals surface area contributed by atoms with Crippen molar-refractivity contribution in [1.29, 1.82) is 0 Å². The topological polar surface area (TPSA) is 29.9 Å². The molecule has 0 aromatic carbocycles. The molecule has 0 bridgehead atoms. The van der Waals surface area contributed by atoms with Crippen molar-refractivity contribution in [2.24, 2.45) is 7.05 Å². The Bertz CT molecular complexity index is 433. The minimum Gasteiger partial charge on any atom is -0.301 e. The molecule has 0 fully saturated rings. The van der Waals surface area contributed by atoms with E-state index < -0.39 is 0 Å². The predicted octanol–water partition coefficient (Wildman–Crippen LogP) is 2.89. The number of rotatable bonds is 4. The summed E-state index contributed by atoms with van der Waals surface area (Å²) in [5, 5.41) is 9.88. The van der Waals surface area contributed by atoms with Crippen molar-refractivity contribution in [3.05, 3.63) is 40.3 Å². The highest BCUT2D eigenvalue weighted by Gasteiger charge is 2.13. The second-order valence-corrected chi connectivity index (χ2v) is 4.98. The molecule has 2 aromatic rings. The normalized spacial score (nSPS) is 14.9. The maximum atomic E-state index is 4.19. The highest BCUT2D eigenvalue weighted by atomic mass is 32.1. The van der Waals surface area contributed by atoms with Crippen molar-refractivity contribution >= 4 is 11.3 Å². The van der Waals surface area contributed by atoms with Crippen LogP contribution in [0.2, 0.25) is 0 Å². The van der Waals surface area contributed by atoms with E-state index in [0.717, 1.165) is 0 Å². The van der Waals surface area contributed by atoms with Gasteiger partial charge in [0.05, 0.1) is 5.69 Å². The summed E-state index contributed by atoms with van der Waals surface area (Å²) in [6.07, 6.45) is 1.84. The molecule has 1 unspecified atom stereocenters. The minimum absolute atomic E-state index is 0.310. The summed E-state index contributed by atoms with van der Waals surface area (Å²) in [6.45, 7) is 4.36. The van der Waals surface area contributed by atoms with Gasteiger partial charge in [-0.2, -0.15) is 5.10 Å². The molecule has 0 spiro atoms. The van der Waals surface area contributed by atoms with Crippen molar-refractivity contribution in [3.8, 4) is 0 Å². The van der Waals surface area contributed by atoms with E-state index >= 15 is 0 Å². The molecule has 1 N–H and O–H groups in total. The molecule has 0 saturated heterocycles. The van der Waals surface area contributed by atoms with E-state index in [0.29, 0.717) is 12.1 Å². The lowest BCUT2D eigenvalue weighted by molar-refractivity contribution is 0.473. The number of hydrogen-bond donors (Lipinski definition) is 1. The van der Waals surface area contributed by atoms with Crippen LogP contribution >= 0.6 is 11.3 Å². The van der Waals surface area contributed by atoms with Crippen LogP contribution < -0.4 is 5.32 Å². The molecule has 0 aliphatic heterocycles. The number of aryl methyl sites for hydroxylation is 1. The number of nitrogens with one attached hydrogen (secondary N) is 1. The number of hydrogen-bond acceptors (Lipinski definition) is 3. The Kier molecular flexibility index (Phi) is 3.41. The maximum absolute atomic E-state index is 4.19. The van der Waals surface area contributed by atoms with E-state index in [2.05, 4.69) is 47.8 Å². The lowest BCUT2D eigenvalue weighted by atomic mass is 10.2. The molecule has 2 heterocycles. The van der Waals surface area contributed by atoms with Crippen LogP contribution in [0.25, 0.3) is 0 Å². The molecular weight excluding hydrogens is 218 g/mol. The van der Waals surface area contributed by atoms with Gasteiger partial charge in [0, 0.05) is 30.2 Å². The smallest absolute Gasteiger partial charge is 0.0547 e. The summed E-state index contributed by atoms with van der Waals surface area (Å²) in [6, 6.07) is 7.00. The minimum atomic E-state index is 0.310. The molecule has 0 saturated carbocycles. The van der Waals surface area contributed by atoms with E-state index in [4.69, 9.17) is 0 Å². The summed E-state index contributed by atoms with van der Waals surface area (Å²) in [4.78, 5) is 1.37. The summed E-state index contributed by atoms with van der Waals surface area (Å²) in [7, 11) is 1.98. The zero-order valence-electron chi connectivity index (χ0n) is 9.84. The number of thiophene rings is 1. The molecule has 0 aliphatic rings. The van der Waals surface area contributed by atoms with Gasteiger partial charge in [-0.1, -0.05) is 6.07 Å². The van der Waals surface area contributed by atoms with Gasteiger partial charge < -0.3 is 5.32 Å². The predicted molar refractivity (Wildman–Crippen MR) is 67.5 cm³/mol. The first-order valence-corrected chi connectivity index (χ1v) is 6.34. The van der Waals surface area contributed by atoms with Gasteiger partial charge in [-0.05, 0) is 31.4 Å². The third kappa shape index (κ3) is 2.33. The molecular formula is C12H17N3S. The number of nitrogens with zero attached hydrogens (tertiary/aromatic N) is 2. The van der Waals surface area contributed by atoms with Crippen molar-refractivity contribution in [1.82, 2.24) is 15.1 Å². The van der Waals surface area contributed by atoms with Crippen LogP contribution in [0.3, 0.4) is 0 Å². The lowest BCUT2D eigenvalue weighted by Crippen LogP contribution is -2.23. The van der Waals surface area contributed by atoms with Crippen LogP contribution in [-0.4, -0.2) is 9.78 Å². The van der Waals surface area contributed by atoms with Gasteiger partial charge in [0.2, 0.25) is 0 Å². The second kappa shape index (κ2) is 4.80. The molecule has 86 valence electrons. The van der Waals surface area contributed by atoms with Gasteiger partial charge in [-0.3, -0.25) is 4.68 Å². The largest absolute Gasteiger partial charge is 0.301 e. The molecule has 16 heavy (non-hydrogen) atoms. The molecule has 2 atom stereocenters. The Morgan fingerprint density at radius 2 is 2.12 bits per heavy atom. The van der Waals surface area contributed by atoms with Gasteiger partial charge in [-0.15, -0.1) is 11.3 Å². The Balaban J connectivity index is 2.03. The highest BCUT2D eigenvalue weighted by Crippen LogP contribution is 2.22. The molecule has 2 aromatic heterocycles. The lowest BCUT2D eigenvalue weighted by Gasteiger charge is -2.19. The van der Waals surface area contributed by atoms with E-state index in [1.807, 2.05) is 17.9 Å². The molecule has 4 heteroatoms. The average Bonchev–Trinajstić information content (AvgIpc) is 2.86. The van der Waals surface area contributed by atoms with Crippen molar-refractivity contribution < 1.29 is 0 Å². The Morgan fingerprint density at radius 1 is 1.31 bits per heavy atom. The molecule has 0 amide bonds. The maximum Gasteiger partial charge on any atom is 0.0547 e. The fourth-order valence-electron chi connectivity index (χ4n) is 1.89. The Labute approximate surface area is 100 Å². The van der Waals surface area contributed by atoms with Crippen LogP contribution in [-0.2, 0) is 7.05 Å². The Hall–Kier alpha value is -1.13. The van der Waals surface area contributed by atoms with Gasteiger partial charge in [-0.25, -0.2) is 0 Å². The fourth-order valence-corrected chi connectivity index (χ4v) is 2.63. The summed E-state index contributed by atoms with van der Waals surface area (Å²) >= 11 is 1.79. The van der Waals surface area contributed by atoms with E-state index in [-0.39, 0.29) is 0 Å². The van der Waals surface area contributed by atoms with Crippen LogP contribution in [0.5, 0.6) is 0 Å². The average molecular weight is 235 g/mol. The summed E-state index contributed by atoms with van der Waals surface area (Å²) in [5.74, 6) is 0. The first kappa shape index (κ1) is 11.4. The van der Waals surface area contributed by atoms with Crippen LogP contribution in [0.1, 0.15) is 36.5 Å². The highest BCUT2D eigenvalue weighted by molar-refractivity contribution is 7.10. The van der Waals surface area contributed by atoms with Gasteiger partial charge in [0.25, 0.3) is 0 Å². The summed E-state index contributed by atoms with van der Waals surface area (Å²) in [5.41, 5.74) is 1.21. The standard InChI is InChI=1S/C12H17N3S/c1-9(11-6-7-13-15(11)3)14-10(2)12-5-4-8-16-12/h4-10,14H,1-3H3/t9?,10-/m0/s1. The van der Waals surface area contributed by atoms with E-state index in [1.54, 1.807) is 11.3 Å². The SMILES string of the molecule is CC(N[C@@H](C)c1cccs1)c1ccnn1C. The first-order valence-electron chi connectivity index (χ1n) is 5.46. The van der Waals surface area contributed by atoms with Crippen molar-refractivity contribution in [2.75, 3.05) is 0 Å². The van der Waals surface area contributed by atoms with Crippen LogP contribution in [0.4, 0.5) is 0 Å². The first-order chi connectivity index (χ1) is 7.68. The third-order valence-corrected chi connectivity index (χ3v) is 3.83. The van der Waals surface area contributed by atoms with E-state index in [1.165, 1.54) is 10.6 Å². The zero-order valence-corrected chi connectivity index (χ0v) is 10.7. The van der Waals surface area contributed by atoms with Gasteiger partial charge in [0.1, 0.15) is 0 Å². The number of aromatic nitrogens is 2. The van der Waals surface area contributed by atoms with Crippen molar-refractivity contribution in [3.63, 3.8) is 0 Å². The zero-order chi connectivity index (χ0) is 11.5. The van der Waals surface area contributed by atoms with E-state index in [9.17, 15) is 0 Å². The fraction of sp³-hybridized carbons (Fsp3) is 0.417. The summed E-state index contributed by atoms with van der Waals surface area (Å²) < 4.78 is 1.92. The quantitative estimate of drug-likeness (QED) is 0.883. The molecule has 0 aliphatic carbocycles. The monoisotopic (exact) mass is 235 g/mol. The third-order valence-electron chi connectivity index (χ3n) is 2.77. The molecule has 3 nitrogen and oxygen atoms in total. The van der Waals surface area contributed by atoms with Gasteiger partial charge >= 0.3 is 0 Å².